The summed E-state index contributed by atoms with van der Waals surface area (Å²) in [6, 6.07) is 5.64. The summed E-state index contributed by atoms with van der Waals surface area (Å²) in [5.41, 5.74) is 0.726. The van der Waals surface area contributed by atoms with Gasteiger partial charge in [0.05, 0.1) is 0 Å². The van der Waals surface area contributed by atoms with Gasteiger partial charge in [-0.1, -0.05) is 31.9 Å². The van der Waals surface area contributed by atoms with Gasteiger partial charge in [0.15, 0.2) is 0 Å². The fraction of sp³-hybridized carbons (Fsp3) is 0.417. The van der Waals surface area contributed by atoms with E-state index < -0.39 is 0 Å². The zero-order valence-electron chi connectivity index (χ0n) is 9.04. The van der Waals surface area contributed by atoms with Gasteiger partial charge in [0.25, 0.3) is 5.91 Å². The lowest BCUT2D eigenvalue weighted by molar-refractivity contribution is 0.0788. The van der Waals surface area contributed by atoms with E-state index in [4.69, 9.17) is 0 Å². The Bertz CT molecular complexity index is 395. The third kappa shape index (κ3) is 3.08. The first-order chi connectivity index (χ1) is 7.56. The Morgan fingerprint density at radius 2 is 1.88 bits per heavy atom. The van der Waals surface area contributed by atoms with Gasteiger partial charge in [0, 0.05) is 28.1 Å². The van der Waals surface area contributed by atoms with E-state index in [2.05, 4.69) is 31.9 Å². The number of benzene rings is 1. The maximum Gasteiger partial charge on any atom is 0.253 e. The Kier molecular flexibility index (Phi) is 3.70. The topological polar surface area (TPSA) is 20.3 Å². The number of carbonyl (C=O) groups is 1. The number of halogens is 2. The van der Waals surface area contributed by atoms with Crippen LogP contribution < -0.4 is 0 Å². The van der Waals surface area contributed by atoms with Crippen LogP contribution in [0.5, 0.6) is 0 Å². The third-order valence-corrected chi connectivity index (χ3v) is 3.60. The zero-order valence-corrected chi connectivity index (χ0v) is 12.2. The fourth-order valence-electron chi connectivity index (χ4n) is 1.67. The third-order valence-electron chi connectivity index (χ3n) is 2.69. The molecule has 2 rings (SSSR count). The number of hydrogen-bond donors (Lipinski definition) is 0. The van der Waals surface area contributed by atoms with Gasteiger partial charge in [-0.25, -0.2) is 0 Å². The maximum atomic E-state index is 12.1. The van der Waals surface area contributed by atoms with Crippen LogP contribution in [0.3, 0.4) is 0 Å². The molecule has 0 bridgehead atoms. The molecule has 1 saturated carbocycles. The van der Waals surface area contributed by atoms with Crippen LogP contribution in [0.25, 0.3) is 0 Å². The average Bonchev–Trinajstić information content (AvgIpc) is 2.99. The van der Waals surface area contributed by atoms with Gasteiger partial charge in [-0.2, -0.15) is 0 Å². The highest BCUT2D eigenvalue weighted by Gasteiger charge is 2.25. The molecule has 0 N–H and O–H groups in total. The highest BCUT2D eigenvalue weighted by Crippen LogP contribution is 2.30. The van der Waals surface area contributed by atoms with Crippen molar-refractivity contribution >= 4 is 37.8 Å². The first-order valence-electron chi connectivity index (χ1n) is 5.28. The minimum absolute atomic E-state index is 0.0916. The molecule has 86 valence electrons. The standard InChI is InChI=1S/C12H13Br2NO/c1-15(7-8-2-3-8)12(16)9-4-10(13)6-11(14)5-9/h4-6,8H,2-3,7H2,1H3. The minimum atomic E-state index is 0.0916. The molecule has 0 aromatic heterocycles. The highest BCUT2D eigenvalue weighted by atomic mass is 79.9. The lowest BCUT2D eigenvalue weighted by atomic mass is 10.2. The molecule has 0 atom stereocenters. The molecule has 1 aromatic rings. The van der Waals surface area contributed by atoms with Crippen LogP contribution in [-0.4, -0.2) is 24.4 Å². The molecule has 0 aliphatic heterocycles. The quantitative estimate of drug-likeness (QED) is 0.817. The van der Waals surface area contributed by atoms with E-state index in [0.29, 0.717) is 0 Å². The lowest BCUT2D eigenvalue weighted by Gasteiger charge is -2.17. The molecule has 2 nitrogen and oxygen atoms in total. The Hall–Kier alpha value is -0.350. The second kappa shape index (κ2) is 4.88. The van der Waals surface area contributed by atoms with Gasteiger partial charge in [0.2, 0.25) is 0 Å². The first-order valence-corrected chi connectivity index (χ1v) is 6.86. The van der Waals surface area contributed by atoms with Crippen LogP contribution in [0.15, 0.2) is 27.1 Å². The molecule has 0 radical (unpaired) electrons. The van der Waals surface area contributed by atoms with E-state index in [1.54, 1.807) is 0 Å². The van der Waals surface area contributed by atoms with Crippen LogP contribution >= 0.6 is 31.9 Å². The Balaban J connectivity index is 2.12. The van der Waals surface area contributed by atoms with Crippen molar-refractivity contribution in [2.45, 2.75) is 12.8 Å². The number of rotatable bonds is 3. The van der Waals surface area contributed by atoms with Crippen molar-refractivity contribution in [3.63, 3.8) is 0 Å². The summed E-state index contributed by atoms with van der Waals surface area (Å²) >= 11 is 6.79. The minimum Gasteiger partial charge on any atom is -0.341 e. The summed E-state index contributed by atoms with van der Waals surface area (Å²) in [5, 5.41) is 0. The molecule has 1 amide bonds. The van der Waals surface area contributed by atoms with Gasteiger partial charge >= 0.3 is 0 Å². The molecule has 0 heterocycles. The predicted molar refractivity (Wildman–Crippen MR) is 71.5 cm³/mol. The zero-order chi connectivity index (χ0) is 11.7. The van der Waals surface area contributed by atoms with Crippen LogP contribution in [0.2, 0.25) is 0 Å². The van der Waals surface area contributed by atoms with Crippen LogP contribution in [0.4, 0.5) is 0 Å². The lowest BCUT2D eigenvalue weighted by Crippen LogP contribution is -2.28. The molecular formula is C12H13Br2NO. The summed E-state index contributed by atoms with van der Waals surface area (Å²) in [6.45, 7) is 0.878. The van der Waals surface area contributed by atoms with Crippen LogP contribution in [0, 0.1) is 5.92 Å². The largest absolute Gasteiger partial charge is 0.341 e. The highest BCUT2D eigenvalue weighted by molar-refractivity contribution is 9.11. The molecular weight excluding hydrogens is 334 g/mol. The van der Waals surface area contributed by atoms with Crippen molar-refractivity contribution in [1.82, 2.24) is 4.90 Å². The average molecular weight is 347 g/mol. The summed E-state index contributed by atoms with van der Waals surface area (Å²) in [4.78, 5) is 13.9. The Morgan fingerprint density at radius 1 is 1.31 bits per heavy atom. The van der Waals surface area contributed by atoms with Crippen LogP contribution in [-0.2, 0) is 0 Å². The van der Waals surface area contributed by atoms with Crippen molar-refractivity contribution in [3.8, 4) is 0 Å². The molecule has 0 unspecified atom stereocenters. The van der Waals surface area contributed by atoms with Gasteiger partial charge in [-0.3, -0.25) is 4.79 Å². The molecule has 0 spiro atoms. The van der Waals surface area contributed by atoms with E-state index >= 15 is 0 Å². The van der Waals surface area contributed by atoms with Gasteiger partial charge in [-0.05, 0) is 37.0 Å². The van der Waals surface area contributed by atoms with Crippen molar-refractivity contribution in [3.05, 3.63) is 32.7 Å². The second-order valence-corrected chi connectivity index (χ2v) is 6.12. The maximum absolute atomic E-state index is 12.1. The predicted octanol–water partition coefficient (Wildman–Crippen LogP) is 3.69. The number of nitrogens with zero attached hydrogens (tertiary/aromatic N) is 1. The van der Waals surface area contributed by atoms with Crippen molar-refractivity contribution in [2.75, 3.05) is 13.6 Å². The van der Waals surface area contributed by atoms with Crippen molar-refractivity contribution in [2.24, 2.45) is 5.92 Å². The molecule has 1 aliphatic rings. The molecule has 16 heavy (non-hydrogen) atoms. The summed E-state index contributed by atoms with van der Waals surface area (Å²) < 4.78 is 1.84. The summed E-state index contributed by atoms with van der Waals surface area (Å²) in [7, 11) is 1.87. The van der Waals surface area contributed by atoms with Crippen molar-refractivity contribution in [1.29, 1.82) is 0 Å². The van der Waals surface area contributed by atoms with Gasteiger partial charge < -0.3 is 4.90 Å². The molecule has 0 saturated heterocycles. The molecule has 1 aromatic carbocycles. The Labute approximate surface area is 112 Å². The van der Waals surface area contributed by atoms with E-state index in [9.17, 15) is 4.79 Å². The van der Waals surface area contributed by atoms with E-state index in [1.165, 1.54) is 12.8 Å². The second-order valence-electron chi connectivity index (χ2n) is 4.29. The van der Waals surface area contributed by atoms with E-state index in [1.807, 2.05) is 30.1 Å². The Morgan fingerprint density at radius 3 is 2.38 bits per heavy atom. The molecule has 4 heteroatoms. The van der Waals surface area contributed by atoms with Gasteiger partial charge in [0.1, 0.15) is 0 Å². The van der Waals surface area contributed by atoms with Crippen LogP contribution in [0.1, 0.15) is 23.2 Å². The van der Waals surface area contributed by atoms with E-state index in [-0.39, 0.29) is 5.91 Å². The number of carbonyl (C=O) groups excluding carboxylic acids is 1. The van der Waals surface area contributed by atoms with Gasteiger partial charge in [-0.15, -0.1) is 0 Å². The number of hydrogen-bond acceptors (Lipinski definition) is 1. The molecule has 1 fully saturated rings. The SMILES string of the molecule is CN(CC1CC1)C(=O)c1cc(Br)cc(Br)c1. The number of amides is 1. The summed E-state index contributed by atoms with van der Waals surface area (Å²) in [6.07, 6.45) is 2.53. The monoisotopic (exact) mass is 345 g/mol. The molecule has 1 aliphatic carbocycles. The van der Waals surface area contributed by atoms with Crippen molar-refractivity contribution < 1.29 is 4.79 Å². The smallest absolute Gasteiger partial charge is 0.253 e. The van der Waals surface area contributed by atoms with E-state index in [0.717, 1.165) is 27.0 Å². The summed E-state index contributed by atoms with van der Waals surface area (Å²) in [5.74, 6) is 0.818. The first kappa shape index (κ1) is 12.1. The normalized spacial score (nSPS) is 14.9. The fourth-order valence-corrected chi connectivity index (χ4v) is 2.96.